The minimum Gasteiger partial charge on any atom is -0.459 e. The van der Waals surface area contributed by atoms with Crippen molar-refractivity contribution in [3.05, 3.63) is 11.1 Å². The third-order valence-electron chi connectivity index (χ3n) is 3.09. The molecular formula is C13H22O2. The summed E-state index contributed by atoms with van der Waals surface area (Å²) in [6.45, 7) is 6.38. The van der Waals surface area contributed by atoms with Crippen molar-refractivity contribution in [3.63, 3.8) is 0 Å². The van der Waals surface area contributed by atoms with Gasteiger partial charge in [0, 0.05) is 12.0 Å². The predicted molar refractivity (Wildman–Crippen MR) is 61.6 cm³/mol. The van der Waals surface area contributed by atoms with Crippen LogP contribution in [0.1, 0.15) is 59.3 Å². The molecule has 0 amide bonds. The first kappa shape index (κ1) is 12.3. The van der Waals surface area contributed by atoms with Crippen LogP contribution in [0.5, 0.6) is 0 Å². The van der Waals surface area contributed by atoms with E-state index in [0.717, 1.165) is 31.3 Å². The lowest BCUT2D eigenvalue weighted by molar-refractivity contribution is -0.138. The number of hydrogen-bond acceptors (Lipinski definition) is 2. The minimum atomic E-state index is -0.0604. The van der Waals surface area contributed by atoms with E-state index in [-0.39, 0.29) is 12.1 Å². The SMILES string of the molecule is CCCCC(CC)=C1CC(CC)OC1=O. The van der Waals surface area contributed by atoms with Gasteiger partial charge in [-0.2, -0.15) is 0 Å². The molecule has 1 fully saturated rings. The van der Waals surface area contributed by atoms with Crippen molar-refractivity contribution in [3.8, 4) is 0 Å². The molecule has 1 heterocycles. The largest absolute Gasteiger partial charge is 0.459 e. The Bertz CT molecular complexity index is 253. The molecule has 0 aromatic heterocycles. The fourth-order valence-corrected chi connectivity index (χ4v) is 2.02. The molecule has 0 spiro atoms. The second kappa shape index (κ2) is 5.94. The van der Waals surface area contributed by atoms with E-state index in [9.17, 15) is 4.79 Å². The van der Waals surface area contributed by atoms with Gasteiger partial charge in [0.25, 0.3) is 0 Å². The number of esters is 1. The summed E-state index contributed by atoms with van der Waals surface area (Å²) in [5.74, 6) is -0.0604. The summed E-state index contributed by atoms with van der Waals surface area (Å²) in [7, 11) is 0. The molecular weight excluding hydrogens is 188 g/mol. The van der Waals surface area contributed by atoms with Gasteiger partial charge in [-0.15, -0.1) is 0 Å². The van der Waals surface area contributed by atoms with Crippen LogP contribution in [0.3, 0.4) is 0 Å². The molecule has 1 saturated heterocycles. The highest BCUT2D eigenvalue weighted by Crippen LogP contribution is 2.28. The standard InChI is InChI=1S/C13H22O2/c1-4-7-8-10(5-2)12-9-11(6-3)15-13(12)14/h11H,4-9H2,1-3H3. The van der Waals surface area contributed by atoms with Crippen LogP contribution in [-0.4, -0.2) is 12.1 Å². The number of carbonyl (C=O) groups is 1. The van der Waals surface area contributed by atoms with Crippen LogP contribution in [0, 0.1) is 0 Å². The molecule has 1 aliphatic rings. The van der Waals surface area contributed by atoms with Crippen LogP contribution < -0.4 is 0 Å². The van der Waals surface area contributed by atoms with E-state index < -0.39 is 0 Å². The molecule has 0 saturated carbocycles. The summed E-state index contributed by atoms with van der Waals surface area (Å²) in [5, 5.41) is 0. The Morgan fingerprint density at radius 1 is 1.40 bits per heavy atom. The lowest BCUT2D eigenvalue weighted by atomic mass is 9.97. The van der Waals surface area contributed by atoms with Crippen molar-refractivity contribution in [1.82, 2.24) is 0 Å². The van der Waals surface area contributed by atoms with Gasteiger partial charge in [0.2, 0.25) is 0 Å². The lowest BCUT2D eigenvalue weighted by Gasteiger charge is -2.05. The van der Waals surface area contributed by atoms with Crippen molar-refractivity contribution < 1.29 is 9.53 Å². The first-order valence-electron chi connectivity index (χ1n) is 6.14. The second-order valence-corrected chi connectivity index (χ2v) is 4.18. The average Bonchev–Trinajstić information content (AvgIpc) is 2.61. The summed E-state index contributed by atoms with van der Waals surface area (Å²) in [6.07, 6.45) is 6.31. The van der Waals surface area contributed by atoms with E-state index in [1.807, 2.05) is 0 Å². The van der Waals surface area contributed by atoms with Crippen molar-refractivity contribution >= 4 is 5.97 Å². The smallest absolute Gasteiger partial charge is 0.334 e. The van der Waals surface area contributed by atoms with Gasteiger partial charge in [-0.1, -0.05) is 32.8 Å². The number of rotatable bonds is 5. The Balaban J connectivity index is 2.72. The zero-order valence-corrected chi connectivity index (χ0v) is 10.1. The van der Waals surface area contributed by atoms with Gasteiger partial charge in [-0.3, -0.25) is 0 Å². The molecule has 0 radical (unpaired) electrons. The molecule has 2 nitrogen and oxygen atoms in total. The molecule has 86 valence electrons. The van der Waals surface area contributed by atoms with Crippen molar-refractivity contribution in [2.24, 2.45) is 0 Å². The quantitative estimate of drug-likeness (QED) is 0.512. The predicted octanol–water partition coefficient (Wildman–Crippen LogP) is 3.61. The summed E-state index contributed by atoms with van der Waals surface area (Å²) < 4.78 is 5.29. The van der Waals surface area contributed by atoms with Crippen molar-refractivity contribution in [2.45, 2.75) is 65.4 Å². The van der Waals surface area contributed by atoms with Gasteiger partial charge in [0.15, 0.2) is 0 Å². The molecule has 0 bridgehead atoms. The van der Waals surface area contributed by atoms with Gasteiger partial charge >= 0.3 is 5.97 Å². The first-order valence-corrected chi connectivity index (χ1v) is 6.14. The maximum Gasteiger partial charge on any atom is 0.334 e. The monoisotopic (exact) mass is 210 g/mol. The third kappa shape index (κ3) is 3.08. The number of cyclic esters (lactones) is 1. The van der Waals surface area contributed by atoms with E-state index in [2.05, 4.69) is 20.8 Å². The van der Waals surface area contributed by atoms with Crippen molar-refractivity contribution in [2.75, 3.05) is 0 Å². The molecule has 15 heavy (non-hydrogen) atoms. The highest BCUT2D eigenvalue weighted by atomic mass is 16.5. The van der Waals surface area contributed by atoms with Crippen LogP contribution >= 0.6 is 0 Å². The number of hydrogen-bond donors (Lipinski definition) is 0. The fraction of sp³-hybridized carbons (Fsp3) is 0.769. The minimum absolute atomic E-state index is 0.0604. The number of ether oxygens (including phenoxy) is 1. The topological polar surface area (TPSA) is 26.3 Å². The molecule has 2 heteroatoms. The molecule has 0 N–H and O–H groups in total. The molecule has 0 aliphatic carbocycles. The second-order valence-electron chi connectivity index (χ2n) is 4.18. The number of carbonyl (C=O) groups excluding carboxylic acids is 1. The van der Waals surface area contributed by atoms with E-state index in [1.54, 1.807) is 0 Å². The summed E-state index contributed by atoms with van der Waals surface area (Å²) in [6, 6.07) is 0. The highest BCUT2D eigenvalue weighted by molar-refractivity contribution is 5.91. The van der Waals surface area contributed by atoms with Crippen LogP contribution in [0.4, 0.5) is 0 Å². The van der Waals surface area contributed by atoms with Gasteiger partial charge < -0.3 is 4.74 Å². The Morgan fingerprint density at radius 3 is 2.60 bits per heavy atom. The normalized spacial score (nSPS) is 24.2. The molecule has 0 aromatic carbocycles. The van der Waals surface area contributed by atoms with Crippen LogP contribution in [0.25, 0.3) is 0 Å². The van der Waals surface area contributed by atoms with Gasteiger partial charge in [-0.05, 0) is 25.7 Å². The van der Waals surface area contributed by atoms with Crippen LogP contribution in [0.2, 0.25) is 0 Å². The van der Waals surface area contributed by atoms with Gasteiger partial charge in [-0.25, -0.2) is 4.79 Å². The van der Waals surface area contributed by atoms with Crippen LogP contribution in [-0.2, 0) is 9.53 Å². The molecule has 1 aliphatic heterocycles. The molecule has 1 rings (SSSR count). The Labute approximate surface area is 92.7 Å². The van der Waals surface area contributed by atoms with E-state index in [1.165, 1.54) is 18.4 Å². The highest BCUT2D eigenvalue weighted by Gasteiger charge is 2.29. The summed E-state index contributed by atoms with van der Waals surface area (Å²) in [5.41, 5.74) is 2.29. The Kier molecular flexibility index (Phi) is 4.86. The van der Waals surface area contributed by atoms with Gasteiger partial charge in [0.05, 0.1) is 0 Å². The zero-order chi connectivity index (χ0) is 11.3. The van der Waals surface area contributed by atoms with Crippen molar-refractivity contribution in [1.29, 1.82) is 0 Å². The fourth-order valence-electron chi connectivity index (χ4n) is 2.02. The molecule has 1 unspecified atom stereocenters. The third-order valence-corrected chi connectivity index (χ3v) is 3.09. The first-order chi connectivity index (χ1) is 7.22. The molecule has 1 atom stereocenters. The van der Waals surface area contributed by atoms with E-state index in [4.69, 9.17) is 4.74 Å². The average molecular weight is 210 g/mol. The zero-order valence-electron chi connectivity index (χ0n) is 10.1. The van der Waals surface area contributed by atoms with Gasteiger partial charge in [0.1, 0.15) is 6.10 Å². The summed E-state index contributed by atoms with van der Waals surface area (Å²) >= 11 is 0. The van der Waals surface area contributed by atoms with E-state index >= 15 is 0 Å². The maximum absolute atomic E-state index is 11.6. The lowest BCUT2D eigenvalue weighted by Crippen LogP contribution is -2.03. The number of allylic oxidation sites excluding steroid dienone is 1. The van der Waals surface area contributed by atoms with Crippen LogP contribution in [0.15, 0.2) is 11.1 Å². The number of unbranched alkanes of at least 4 members (excludes halogenated alkanes) is 1. The maximum atomic E-state index is 11.6. The van der Waals surface area contributed by atoms with E-state index in [0.29, 0.717) is 0 Å². The Hall–Kier alpha value is -0.790. The Morgan fingerprint density at radius 2 is 2.13 bits per heavy atom. The summed E-state index contributed by atoms with van der Waals surface area (Å²) in [4.78, 5) is 11.6. The molecule has 0 aromatic rings.